The molecule has 8 heteroatoms. The minimum Gasteiger partial charge on any atom is -0.493 e. The molecule has 2 aromatic carbocycles. The predicted molar refractivity (Wildman–Crippen MR) is 139 cm³/mol. The zero-order valence-electron chi connectivity index (χ0n) is 20.9. The molecule has 0 aliphatic heterocycles. The second-order valence-corrected chi connectivity index (χ2v) is 10.2. The lowest BCUT2D eigenvalue weighted by Crippen LogP contribution is -2.30. The van der Waals surface area contributed by atoms with Gasteiger partial charge in [-0.15, -0.1) is 0 Å². The maximum atomic E-state index is 13.7. The molecule has 1 aliphatic carbocycles. The minimum absolute atomic E-state index is 0.0255. The van der Waals surface area contributed by atoms with Crippen LogP contribution in [0.15, 0.2) is 48.5 Å². The van der Waals surface area contributed by atoms with E-state index < -0.39 is 11.4 Å². The smallest absolute Gasteiger partial charge is 0.251 e. The van der Waals surface area contributed by atoms with Crippen LogP contribution in [0.1, 0.15) is 61.1 Å². The van der Waals surface area contributed by atoms with Gasteiger partial charge in [-0.05, 0) is 80.8 Å². The highest BCUT2D eigenvalue weighted by Crippen LogP contribution is 2.34. The molecular weight excluding hydrogens is 481 g/mol. The van der Waals surface area contributed by atoms with Crippen LogP contribution in [0.3, 0.4) is 0 Å². The number of benzene rings is 2. The van der Waals surface area contributed by atoms with Crippen molar-refractivity contribution in [3.05, 3.63) is 76.2 Å². The number of nitrogens with two attached hydrogens (primary N) is 1. The lowest BCUT2D eigenvalue weighted by molar-refractivity contribution is 0.0951. The predicted octanol–water partition coefficient (Wildman–Crippen LogP) is 5.82. The van der Waals surface area contributed by atoms with Gasteiger partial charge in [0.15, 0.2) is 11.5 Å². The summed E-state index contributed by atoms with van der Waals surface area (Å²) in [5, 5.41) is 3.00. The van der Waals surface area contributed by atoms with Crippen molar-refractivity contribution >= 4 is 17.5 Å². The van der Waals surface area contributed by atoms with Crippen LogP contribution in [-0.2, 0) is 5.54 Å². The molecule has 6 nitrogen and oxygen atoms in total. The molecule has 190 valence electrons. The second kappa shape index (κ2) is 10.4. The van der Waals surface area contributed by atoms with Gasteiger partial charge in [-0.25, -0.2) is 4.39 Å². The molecule has 0 radical (unpaired) electrons. The van der Waals surface area contributed by atoms with Gasteiger partial charge in [-0.1, -0.05) is 18.5 Å². The van der Waals surface area contributed by atoms with E-state index in [1.54, 1.807) is 37.4 Å². The van der Waals surface area contributed by atoms with Crippen molar-refractivity contribution in [1.29, 1.82) is 0 Å². The summed E-state index contributed by atoms with van der Waals surface area (Å²) in [6.07, 6.45) is 2.31. The van der Waals surface area contributed by atoms with Gasteiger partial charge in [0.2, 0.25) is 0 Å². The summed E-state index contributed by atoms with van der Waals surface area (Å²) in [5.41, 5.74) is 9.20. The summed E-state index contributed by atoms with van der Waals surface area (Å²) in [6, 6.07) is 13.5. The van der Waals surface area contributed by atoms with Gasteiger partial charge in [0.05, 0.1) is 23.9 Å². The van der Waals surface area contributed by atoms with Crippen LogP contribution in [0.2, 0.25) is 5.02 Å². The number of carbonyl (C=O) groups excluding carboxylic acids is 1. The number of pyridine rings is 1. The number of halogens is 2. The summed E-state index contributed by atoms with van der Waals surface area (Å²) in [5.74, 6) is 0.341. The monoisotopic (exact) mass is 511 g/mol. The Kier molecular flexibility index (Phi) is 7.52. The first kappa shape index (κ1) is 25.9. The molecule has 36 heavy (non-hydrogen) atoms. The zero-order chi connectivity index (χ0) is 26.0. The van der Waals surface area contributed by atoms with Crippen LogP contribution in [0.4, 0.5) is 4.39 Å². The first-order valence-electron chi connectivity index (χ1n) is 11.9. The lowest BCUT2D eigenvalue weighted by atomic mass is 9.92. The van der Waals surface area contributed by atoms with Gasteiger partial charge in [0.25, 0.3) is 5.91 Å². The molecule has 1 aromatic heterocycles. The largest absolute Gasteiger partial charge is 0.493 e. The van der Waals surface area contributed by atoms with Crippen molar-refractivity contribution in [2.45, 2.75) is 51.2 Å². The zero-order valence-corrected chi connectivity index (χ0v) is 21.7. The number of methoxy groups -OCH3 is 1. The molecule has 3 N–H and O–H groups in total. The number of nitrogens with one attached hydrogen (secondary N) is 1. The molecular formula is C28H31ClFN3O3. The fourth-order valence-corrected chi connectivity index (χ4v) is 3.88. The summed E-state index contributed by atoms with van der Waals surface area (Å²) < 4.78 is 25.0. The number of aromatic nitrogens is 1. The molecule has 1 fully saturated rings. The molecule has 1 atom stereocenters. The van der Waals surface area contributed by atoms with Gasteiger partial charge in [0, 0.05) is 34.8 Å². The third-order valence-corrected chi connectivity index (χ3v) is 6.41. The molecule has 1 unspecified atom stereocenters. The summed E-state index contributed by atoms with van der Waals surface area (Å²) in [7, 11) is 1.56. The average Bonchev–Trinajstić information content (AvgIpc) is 3.67. The van der Waals surface area contributed by atoms with Crippen LogP contribution in [0, 0.1) is 5.82 Å². The van der Waals surface area contributed by atoms with E-state index in [4.69, 9.17) is 31.8 Å². The van der Waals surface area contributed by atoms with Gasteiger partial charge in [0.1, 0.15) is 5.82 Å². The van der Waals surface area contributed by atoms with Gasteiger partial charge < -0.3 is 20.5 Å². The Bertz CT molecular complexity index is 1270. The Hall–Kier alpha value is -3.16. The standard InChI is InChI=1S/C28H31ClFN3O3/c1-16(15-32-27(34)18-6-10-25(26(12-18)35-4)36-20-7-8-20)23-13-19(28(2,3)31)14-24(33-23)17-5-9-22(30)21(29)11-17/h5-6,9-14,16,20H,7-8,15,31H2,1-4H3,(H,32,34). The maximum Gasteiger partial charge on any atom is 0.251 e. The topological polar surface area (TPSA) is 86.5 Å². The van der Waals surface area contributed by atoms with E-state index >= 15 is 0 Å². The van der Waals surface area contributed by atoms with Gasteiger partial charge in [-0.2, -0.15) is 0 Å². The molecule has 3 aromatic rings. The van der Waals surface area contributed by atoms with E-state index in [1.165, 1.54) is 6.07 Å². The molecule has 1 heterocycles. The SMILES string of the molecule is COc1cc(C(=O)NCC(C)c2cc(C(C)(C)N)cc(-c3ccc(F)c(Cl)c3)n2)ccc1OC1CC1. The lowest BCUT2D eigenvalue weighted by Gasteiger charge is -2.23. The number of rotatable bonds is 9. The van der Waals surface area contributed by atoms with Gasteiger partial charge >= 0.3 is 0 Å². The summed E-state index contributed by atoms with van der Waals surface area (Å²) in [6.45, 7) is 6.14. The molecule has 0 bridgehead atoms. The fourth-order valence-electron chi connectivity index (χ4n) is 3.70. The second-order valence-electron chi connectivity index (χ2n) is 9.81. The highest BCUT2D eigenvalue weighted by Gasteiger charge is 2.25. The molecule has 4 rings (SSSR count). The van der Waals surface area contributed by atoms with Crippen molar-refractivity contribution in [1.82, 2.24) is 10.3 Å². The Morgan fingerprint density at radius 1 is 1.19 bits per heavy atom. The van der Waals surface area contributed by atoms with Gasteiger partial charge in [-0.3, -0.25) is 9.78 Å². The quantitative estimate of drug-likeness (QED) is 0.378. The Balaban J connectivity index is 1.52. The van der Waals surface area contributed by atoms with Crippen LogP contribution in [0.25, 0.3) is 11.3 Å². The van der Waals surface area contributed by atoms with Crippen LogP contribution in [0.5, 0.6) is 11.5 Å². The van der Waals surface area contributed by atoms with Crippen molar-refractivity contribution < 1.29 is 18.7 Å². The number of carbonyl (C=O) groups is 1. The van der Waals surface area contributed by atoms with E-state index in [9.17, 15) is 9.18 Å². The maximum absolute atomic E-state index is 13.7. The van der Waals surface area contributed by atoms with Crippen molar-refractivity contribution in [3.8, 4) is 22.8 Å². The number of hydrogen-bond donors (Lipinski definition) is 2. The van der Waals surface area contributed by atoms with Crippen LogP contribution >= 0.6 is 11.6 Å². The third kappa shape index (κ3) is 6.15. The normalized spacial score (nSPS) is 14.3. The van der Waals surface area contributed by atoms with E-state index in [0.717, 1.165) is 24.1 Å². The van der Waals surface area contributed by atoms with E-state index in [-0.39, 0.29) is 23.0 Å². The number of nitrogens with zero attached hydrogens (tertiary/aromatic N) is 1. The highest BCUT2D eigenvalue weighted by molar-refractivity contribution is 6.31. The minimum atomic E-state index is -0.625. The van der Waals surface area contributed by atoms with Crippen LogP contribution < -0.4 is 20.5 Å². The first-order valence-corrected chi connectivity index (χ1v) is 12.3. The van der Waals surface area contributed by atoms with E-state index in [0.29, 0.717) is 34.9 Å². The van der Waals surface area contributed by atoms with E-state index in [1.807, 2.05) is 32.9 Å². The number of ether oxygens (including phenoxy) is 2. The Morgan fingerprint density at radius 3 is 2.58 bits per heavy atom. The Morgan fingerprint density at radius 2 is 1.94 bits per heavy atom. The molecule has 0 saturated heterocycles. The van der Waals surface area contributed by atoms with Crippen LogP contribution in [-0.4, -0.2) is 30.6 Å². The van der Waals surface area contributed by atoms with E-state index in [2.05, 4.69) is 5.32 Å². The molecule has 1 amide bonds. The molecule has 1 saturated carbocycles. The average molecular weight is 512 g/mol. The summed E-state index contributed by atoms with van der Waals surface area (Å²) in [4.78, 5) is 17.7. The number of amides is 1. The first-order chi connectivity index (χ1) is 17.0. The third-order valence-electron chi connectivity index (χ3n) is 6.12. The van der Waals surface area contributed by atoms with Crippen molar-refractivity contribution in [3.63, 3.8) is 0 Å². The molecule has 0 spiro atoms. The fraction of sp³-hybridized carbons (Fsp3) is 0.357. The summed E-state index contributed by atoms with van der Waals surface area (Å²) >= 11 is 6.01. The number of hydrogen-bond acceptors (Lipinski definition) is 5. The molecule has 1 aliphatic rings. The Labute approximate surface area is 216 Å². The highest BCUT2D eigenvalue weighted by atomic mass is 35.5. The van der Waals surface area contributed by atoms with Crippen molar-refractivity contribution in [2.24, 2.45) is 5.73 Å². The van der Waals surface area contributed by atoms with Crippen molar-refractivity contribution in [2.75, 3.05) is 13.7 Å².